The van der Waals surface area contributed by atoms with E-state index in [0.29, 0.717) is 23.1 Å². The summed E-state index contributed by atoms with van der Waals surface area (Å²) >= 11 is 6.22. The van der Waals surface area contributed by atoms with Crippen molar-refractivity contribution >= 4 is 38.5 Å². The number of nitrogens with one attached hydrogen (secondary N) is 1. The van der Waals surface area contributed by atoms with E-state index in [4.69, 9.17) is 16.3 Å². The molecule has 4 rings (SSSR count). The predicted molar refractivity (Wildman–Crippen MR) is 121 cm³/mol. The molecule has 2 heterocycles. The third-order valence-corrected chi connectivity index (χ3v) is 5.75. The number of allylic oxidation sites excluding steroid dienone is 1. The van der Waals surface area contributed by atoms with Gasteiger partial charge in [-0.25, -0.2) is 8.42 Å². The minimum absolute atomic E-state index is 0.347. The second kappa shape index (κ2) is 8.13. The van der Waals surface area contributed by atoms with Crippen LogP contribution in [0.5, 0.6) is 5.75 Å². The van der Waals surface area contributed by atoms with Gasteiger partial charge in [-0.05, 0) is 59.5 Å². The topological polar surface area (TPSA) is 68.3 Å². The summed E-state index contributed by atoms with van der Waals surface area (Å²) in [5.74, 6) is 0.701. The summed E-state index contributed by atoms with van der Waals surface area (Å²) in [4.78, 5) is 4.53. The van der Waals surface area contributed by atoms with Crippen LogP contribution in [0.15, 0.2) is 60.8 Å². The van der Waals surface area contributed by atoms with E-state index in [0.717, 1.165) is 46.2 Å². The Kier molecular flexibility index (Phi) is 5.54. The number of sulfonamides is 1. The van der Waals surface area contributed by atoms with Crippen molar-refractivity contribution in [3.05, 3.63) is 88.2 Å². The maximum atomic E-state index is 11.7. The fourth-order valence-corrected chi connectivity index (χ4v) is 4.45. The molecule has 0 unspecified atom stereocenters. The van der Waals surface area contributed by atoms with Crippen LogP contribution in [-0.2, 0) is 16.6 Å². The van der Waals surface area contributed by atoms with Gasteiger partial charge in [-0.3, -0.25) is 9.71 Å². The Hall–Kier alpha value is -2.83. The fourth-order valence-electron chi connectivity index (χ4n) is 3.73. The van der Waals surface area contributed by atoms with Gasteiger partial charge in [-0.2, -0.15) is 0 Å². The molecule has 0 spiro atoms. The van der Waals surface area contributed by atoms with Gasteiger partial charge < -0.3 is 4.74 Å². The average Bonchev–Trinajstić information content (AvgIpc) is 2.85. The van der Waals surface area contributed by atoms with Crippen molar-refractivity contribution in [1.29, 1.82) is 0 Å². The summed E-state index contributed by atoms with van der Waals surface area (Å²) in [6.07, 6.45) is 3.63. The molecule has 30 heavy (non-hydrogen) atoms. The largest absolute Gasteiger partial charge is 0.487 e. The zero-order valence-corrected chi connectivity index (χ0v) is 18.2. The van der Waals surface area contributed by atoms with Crippen molar-refractivity contribution in [2.45, 2.75) is 20.0 Å². The van der Waals surface area contributed by atoms with Gasteiger partial charge in [0.25, 0.3) is 0 Å². The highest BCUT2D eigenvalue weighted by Crippen LogP contribution is 2.42. The molecule has 0 saturated heterocycles. The van der Waals surface area contributed by atoms with Gasteiger partial charge in [-0.1, -0.05) is 36.7 Å². The first-order chi connectivity index (χ1) is 14.4. The Morgan fingerprint density at radius 1 is 1.13 bits per heavy atom. The highest BCUT2D eigenvalue weighted by molar-refractivity contribution is 7.92. The molecule has 1 N–H and O–H groups in total. The molecule has 0 aliphatic carbocycles. The molecule has 1 aliphatic heterocycles. The number of ether oxygens (including phenoxy) is 1. The van der Waals surface area contributed by atoms with Gasteiger partial charge in [0.2, 0.25) is 10.0 Å². The number of nitrogens with zero attached hydrogens (tertiary/aromatic N) is 1. The van der Waals surface area contributed by atoms with Crippen LogP contribution in [0.3, 0.4) is 0 Å². The SMILES string of the molecule is CC/C(=C1\c2ccc(Cl)cc2OCc2ncccc21)c1cccc(NS(C)(=O)=O)c1. The number of anilines is 1. The van der Waals surface area contributed by atoms with Crippen LogP contribution >= 0.6 is 11.6 Å². The van der Waals surface area contributed by atoms with Crippen LogP contribution in [0.1, 0.15) is 35.7 Å². The molecule has 0 bridgehead atoms. The number of pyridine rings is 1. The molecular formula is C23H21ClN2O3S. The molecule has 154 valence electrons. The number of benzene rings is 2. The lowest BCUT2D eigenvalue weighted by atomic mass is 9.87. The fraction of sp³-hybridized carbons (Fsp3) is 0.174. The van der Waals surface area contributed by atoms with Crippen LogP contribution in [0.2, 0.25) is 5.02 Å². The third kappa shape index (κ3) is 4.20. The first-order valence-electron chi connectivity index (χ1n) is 9.54. The van der Waals surface area contributed by atoms with Crippen molar-refractivity contribution in [3.8, 4) is 5.75 Å². The number of aromatic nitrogens is 1. The molecular weight excluding hydrogens is 420 g/mol. The summed E-state index contributed by atoms with van der Waals surface area (Å²) in [6, 6.07) is 17.0. The van der Waals surface area contributed by atoms with E-state index in [9.17, 15) is 8.42 Å². The molecule has 2 aromatic carbocycles. The smallest absolute Gasteiger partial charge is 0.229 e. The van der Waals surface area contributed by atoms with Crippen LogP contribution in [0.25, 0.3) is 11.1 Å². The highest BCUT2D eigenvalue weighted by Gasteiger charge is 2.23. The summed E-state index contributed by atoms with van der Waals surface area (Å²) in [5, 5.41) is 0.601. The Balaban J connectivity index is 1.99. The summed E-state index contributed by atoms with van der Waals surface area (Å²) in [5.41, 5.74) is 6.31. The summed E-state index contributed by atoms with van der Waals surface area (Å²) in [7, 11) is -3.37. The minimum atomic E-state index is -3.37. The van der Waals surface area contributed by atoms with Crippen molar-refractivity contribution < 1.29 is 13.2 Å². The van der Waals surface area contributed by atoms with Crippen LogP contribution in [-0.4, -0.2) is 19.7 Å². The van der Waals surface area contributed by atoms with Gasteiger partial charge in [0.05, 0.1) is 11.9 Å². The zero-order chi connectivity index (χ0) is 21.3. The monoisotopic (exact) mass is 440 g/mol. The first-order valence-corrected chi connectivity index (χ1v) is 11.8. The van der Waals surface area contributed by atoms with Crippen molar-refractivity contribution in [2.24, 2.45) is 0 Å². The molecule has 0 atom stereocenters. The Labute approximate surface area is 181 Å². The molecule has 3 aromatic rings. The maximum absolute atomic E-state index is 11.7. The molecule has 7 heteroatoms. The van der Waals surface area contributed by atoms with Crippen molar-refractivity contribution in [2.75, 3.05) is 11.0 Å². The normalized spacial score (nSPS) is 14.8. The number of hydrogen-bond donors (Lipinski definition) is 1. The number of hydrogen-bond acceptors (Lipinski definition) is 4. The van der Waals surface area contributed by atoms with E-state index >= 15 is 0 Å². The van der Waals surface area contributed by atoms with Crippen LogP contribution in [0, 0.1) is 0 Å². The number of rotatable bonds is 4. The molecule has 1 aromatic heterocycles. The molecule has 5 nitrogen and oxygen atoms in total. The van der Waals surface area contributed by atoms with Gasteiger partial charge in [0, 0.05) is 28.0 Å². The minimum Gasteiger partial charge on any atom is -0.487 e. The van der Waals surface area contributed by atoms with E-state index in [2.05, 4.69) is 16.6 Å². The summed E-state index contributed by atoms with van der Waals surface area (Å²) < 4.78 is 32.0. The summed E-state index contributed by atoms with van der Waals surface area (Å²) in [6.45, 7) is 2.43. The lowest BCUT2D eigenvalue weighted by molar-refractivity contribution is 0.302. The van der Waals surface area contributed by atoms with Gasteiger partial charge in [-0.15, -0.1) is 0 Å². The standard InChI is InChI=1S/C23H21ClN2O3S/c1-3-18(15-6-4-7-17(12-15)26-30(2,27)28)23-19-8-5-11-25-21(19)14-29-22-13-16(24)9-10-20(22)23/h4-13,26H,3,14H2,1-2H3/b23-18+. The van der Waals surface area contributed by atoms with E-state index < -0.39 is 10.0 Å². The maximum Gasteiger partial charge on any atom is 0.229 e. The quantitative estimate of drug-likeness (QED) is 0.592. The second-order valence-electron chi connectivity index (χ2n) is 7.09. The molecule has 0 amide bonds. The Morgan fingerprint density at radius 2 is 1.97 bits per heavy atom. The second-order valence-corrected chi connectivity index (χ2v) is 9.27. The van der Waals surface area contributed by atoms with Crippen LogP contribution in [0.4, 0.5) is 5.69 Å². The molecule has 1 aliphatic rings. The lowest BCUT2D eigenvalue weighted by Crippen LogP contribution is -2.09. The zero-order valence-electron chi connectivity index (χ0n) is 16.6. The lowest BCUT2D eigenvalue weighted by Gasteiger charge is -2.17. The Bertz CT molecular complexity index is 1250. The van der Waals surface area contributed by atoms with Crippen LogP contribution < -0.4 is 9.46 Å². The highest BCUT2D eigenvalue weighted by atomic mass is 35.5. The van der Waals surface area contributed by atoms with E-state index in [1.54, 1.807) is 12.3 Å². The van der Waals surface area contributed by atoms with Crippen molar-refractivity contribution in [3.63, 3.8) is 0 Å². The van der Waals surface area contributed by atoms with Gasteiger partial charge in [0.15, 0.2) is 0 Å². The van der Waals surface area contributed by atoms with E-state index in [1.807, 2.05) is 48.5 Å². The number of fused-ring (bicyclic) bond motifs is 2. The van der Waals surface area contributed by atoms with Crippen molar-refractivity contribution in [1.82, 2.24) is 4.98 Å². The van der Waals surface area contributed by atoms with E-state index in [1.165, 1.54) is 0 Å². The number of halogens is 1. The van der Waals surface area contributed by atoms with Gasteiger partial charge >= 0.3 is 0 Å². The third-order valence-electron chi connectivity index (χ3n) is 4.91. The van der Waals surface area contributed by atoms with E-state index in [-0.39, 0.29) is 0 Å². The predicted octanol–water partition coefficient (Wildman–Crippen LogP) is 5.37. The average molecular weight is 441 g/mol. The first kappa shape index (κ1) is 20.4. The molecule has 0 fully saturated rings. The molecule has 0 radical (unpaired) electrons. The van der Waals surface area contributed by atoms with Gasteiger partial charge in [0.1, 0.15) is 12.4 Å². The Morgan fingerprint density at radius 3 is 2.73 bits per heavy atom. The molecule has 0 saturated carbocycles.